The predicted octanol–water partition coefficient (Wildman–Crippen LogP) is 2.70. The number of rotatable bonds is 6. The molecule has 22 heavy (non-hydrogen) atoms. The van der Waals surface area contributed by atoms with Crippen LogP contribution in [0.1, 0.15) is 19.7 Å². The second kappa shape index (κ2) is 6.41. The Hall–Kier alpha value is -1.99. The van der Waals surface area contributed by atoms with Gasteiger partial charge in [0.1, 0.15) is 10.8 Å². The molecule has 0 radical (unpaired) electrons. The molecular weight excluding hydrogens is 298 g/mol. The Balaban J connectivity index is 1.94. The number of aromatic nitrogens is 4. The SMILES string of the molecule is CCN(CC)Cc1nnc2sc(-c3cccc(OC)c3)nn12. The van der Waals surface area contributed by atoms with Gasteiger partial charge in [-0.2, -0.15) is 9.61 Å². The van der Waals surface area contributed by atoms with Crippen LogP contribution >= 0.6 is 11.3 Å². The van der Waals surface area contributed by atoms with Crippen LogP contribution in [0.15, 0.2) is 24.3 Å². The van der Waals surface area contributed by atoms with E-state index in [9.17, 15) is 0 Å². The molecule has 0 saturated heterocycles. The molecule has 0 saturated carbocycles. The molecule has 6 nitrogen and oxygen atoms in total. The Morgan fingerprint density at radius 3 is 2.77 bits per heavy atom. The third-order valence-electron chi connectivity index (χ3n) is 3.63. The van der Waals surface area contributed by atoms with Crippen LogP contribution in [0.2, 0.25) is 0 Å². The summed E-state index contributed by atoms with van der Waals surface area (Å²) >= 11 is 1.54. The van der Waals surface area contributed by atoms with Gasteiger partial charge in [-0.25, -0.2) is 0 Å². The third-order valence-corrected chi connectivity index (χ3v) is 4.58. The highest BCUT2D eigenvalue weighted by Crippen LogP contribution is 2.28. The Morgan fingerprint density at radius 1 is 1.23 bits per heavy atom. The summed E-state index contributed by atoms with van der Waals surface area (Å²) in [5.41, 5.74) is 1.03. The summed E-state index contributed by atoms with van der Waals surface area (Å²) in [5, 5.41) is 14.1. The molecule has 0 amide bonds. The molecule has 116 valence electrons. The third kappa shape index (κ3) is 2.82. The van der Waals surface area contributed by atoms with E-state index >= 15 is 0 Å². The second-order valence-corrected chi connectivity index (χ2v) is 5.87. The molecule has 3 aromatic rings. The topological polar surface area (TPSA) is 55.5 Å². The van der Waals surface area contributed by atoms with Gasteiger partial charge in [-0.05, 0) is 25.2 Å². The zero-order valence-electron chi connectivity index (χ0n) is 13.0. The van der Waals surface area contributed by atoms with Crippen molar-refractivity contribution in [3.8, 4) is 16.3 Å². The van der Waals surface area contributed by atoms with Crippen LogP contribution in [0, 0.1) is 0 Å². The first-order valence-electron chi connectivity index (χ1n) is 7.33. The van der Waals surface area contributed by atoms with Crippen molar-refractivity contribution in [3.63, 3.8) is 0 Å². The Labute approximate surface area is 133 Å². The molecule has 0 aliphatic rings. The number of fused-ring (bicyclic) bond motifs is 1. The summed E-state index contributed by atoms with van der Waals surface area (Å²) in [4.78, 5) is 3.11. The zero-order chi connectivity index (χ0) is 15.5. The number of hydrogen-bond acceptors (Lipinski definition) is 6. The van der Waals surface area contributed by atoms with Crippen molar-refractivity contribution in [2.45, 2.75) is 20.4 Å². The minimum atomic E-state index is 0.759. The molecule has 7 heteroatoms. The van der Waals surface area contributed by atoms with E-state index in [-0.39, 0.29) is 0 Å². The average Bonchev–Trinajstić information content (AvgIpc) is 3.14. The van der Waals surface area contributed by atoms with E-state index in [0.717, 1.165) is 46.7 Å². The van der Waals surface area contributed by atoms with Crippen LogP contribution in [0.5, 0.6) is 5.75 Å². The van der Waals surface area contributed by atoms with Gasteiger partial charge in [0.2, 0.25) is 4.96 Å². The van der Waals surface area contributed by atoms with E-state index in [1.165, 1.54) is 11.3 Å². The van der Waals surface area contributed by atoms with Crippen molar-refractivity contribution < 1.29 is 4.74 Å². The number of ether oxygens (including phenoxy) is 1. The molecule has 0 spiro atoms. The van der Waals surface area contributed by atoms with Crippen LogP contribution in [0.3, 0.4) is 0 Å². The number of methoxy groups -OCH3 is 1. The molecule has 0 unspecified atom stereocenters. The fourth-order valence-corrected chi connectivity index (χ4v) is 3.13. The standard InChI is InChI=1S/C15H19N5OS/c1-4-19(5-2)10-13-16-17-15-20(13)18-14(22-15)11-7-6-8-12(9-11)21-3/h6-9H,4-5,10H2,1-3H3. The van der Waals surface area contributed by atoms with Crippen LogP contribution in [0.25, 0.3) is 15.5 Å². The van der Waals surface area contributed by atoms with E-state index in [4.69, 9.17) is 4.74 Å². The van der Waals surface area contributed by atoms with Gasteiger partial charge < -0.3 is 4.74 Å². The van der Waals surface area contributed by atoms with Crippen LogP contribution in [-0.4, -0.2) is 44.9 Å². The summed E-state index contributed by atoms with van der Waals surface area (Å²) in [6, 6.07) is 7.90. The highest BCUT2D eigenvalue weighted by Gasteiger charge is 2.14. The molecular formula is C15H19N5OS. The lowest BCUT2D eigenvalue weighted by Crippen LogP contribution is -2.23. The molecule has 0 N–H and O–H groups in total. The Bertz CT molecular complexity index is 762. The van der Waals surface area contributed by atoms with Crippen molar-refractivity contribution in [1.82, 2.24) is 24.7 Å². The zero-order valence-corrected chi connectivity index (χ0v) is 13.8. The molecule has 0 aliphatic heterocycles. The molecule has 3 rings (SSSR count). The van der Waals surface area contributed by atoms with E-state index in [2.05, 4.69) is 34.0 Å². The minimum Gasteiger partial charge on any atom is -0.497 e. The van der Waals surface area contributed by atoms with Gasteiger partial charge in [0, 0.05) is 5.56 Å². The summed E-state index contributed by atoms with van der Waals surface area (Å²) in [7, 11) is 1.67. The highest BCUT2D eigenvalue weighted by molar-refractivity contribution is 7.19. The number of hydrogen-bond donors (Lipinski definition) is 0. The van der Waals surface area contributed by atoms with Crippen molar-refractivity contribution >= 4 is 16.3 Å². The number of benzene rings is 1. The monoisotopic (exact) mass is 317 g/mol. The van der Waals surface area contributed by atoms with Gasteiger partial charge in [-0.15, -0.1) is 10.2 Å². The van der Waals surface area contributed by atoms with E-state index in [1.807, 2.05) is 28.8 Å². The summed E-state index contributed by atoms with van der Waals surface area (Å²) in [5.74, 6) is 1.70. The molecule has 0 atom stereocenters. The molecule has 1 aromatic carbocycles. The lowest BCUT2D eigenvalue weighted by molar-refractivity contribution is 0.286. The maximum atomic E-state index is 5.27. The Morgan fingerprint density at radius 2 is 2.05 bits per heavy atom. The van der Waals surface area contributed by atoms with E-state index in [1.54, 1.807) is 7.11 Å². The van der Waals surface area contributed by atoms with Crippen molar-refractivity contribution in [2.75, 3.05) is 20.2 Å². The maximum absolute atomic E-state index is 5.27. The Kier molecular flexibility index (Phi) is 4.35. The second-order valence-electron chi connectivity index (χ2n) is 4.91. The first-order valence-corrected chi connectivity index (χ1v) is 8.14. The van der Waals surface area contributed by atoms with Gasteiger partial charge in [-0.3, -0.25) is 4.90 Å². The lowest BCUT2D eigenvalue weighted by Gasteiger charge is -2.15. The van der Waals surface area contributed by atoms with Crippen molar-refractivity contribution in [2.24, 2.45) is 0 Å². The van der Waals surface area contributed by atoms with E-state index in [0.29, 0.717) is 0 Å². The van der Waals surface area contributed by atoms with Crippen molar-refractivity contribution in [3.05, 3.63) is 30.1 Å². The lowest BCUT2D eigenvalue weighted by atomic mass is 10.2. The fourth-order valence-electron chi connectivity index (χ4n) is 2.28. The van der Waals surface area contributed by atoms with Crippen LogP contribution < -0.4 is 4.74 Å². The molecule has 0 aliphatic carbocycles. The quantitative estimate of drug-likeness (QED) is 0.699. The molecule has 0 fully saturated rings. The summed E-state index contributed by atoms with van der Waals surface area (Å²) < 4.78 is 7.12. The maximum Gasteiger partial charge on any atom is 0.235 e. The van der Waals surface area contributed by atoms with Crippen LogP contribution in [-0.2, 0) is 6.54 Å². The number of nitrogens with zero attached hydrogens (tertiary/aromatic N) is 5. The first kappa shape index (κ1) is 14.9. The van der Waals surface area contributed by atoms with E-state index < -0.39 is 0 Å². The van der Waals surface area contributed by atoms with Gasteiger partial charge >= 0.3 is 0 Å². The molecule has 0 bridgehead atoms. The van der Waals surface area contributed by atoms with Gasteiger partial charge in [0.25, 0.3) is 0 Å². The molecule has 2 heterocycles. The smallest absolute Gasteiger partial charge is 0.235 e. The summed E-state index contributed by atoms with van der Waals surface area (Å²) in [6.07, 6.45) is 0. The van der Waals surface area contributed by atoms with Gasteiger partial charge in [0.15, 0.2) is 5.82 Å². The predicted molar refractivity (Wildman–Crippen MR) is 87.3 cm³/mol. The molecule has 2 aromatic heterocycles. The first-order chi connectivity index (χ1) is 10.7. The van der Waals surface area contributed by atoms with Crippen molar-refractivity contribution in [1.29, 1.82) is 0 Å². The summed E-state index contributed by atoms with van der Waals surface area (Å²) in [6.45, 7) is 7.01. The van der Waals surface area contributed by atoms with Gasteiger partial charge in [-0.1, -0.05) is 37.3 Å². The minimum absolute atomic E-state index is 0.759. The highest BCUT2D eigenvalue weighted by atomic mass is 32.1. The average molecular weight is 317 g/mol. The normalized spacial score (nSPS) is 11.5. The van der Waals surface area contributed by atoms with Gasteiger partial charge in [0.05, 0.1) is 13.7 Å². The van der Waals surface area contributed by atoms with Crippen LogP contribution in [0.4, 0.5) is 0 Å². The largest absolute Gasteiger partial charge is 0.497 e. The fraction of sp³-hybridized carbons (Fsp3) is 0.400.